The largest absolute Gasteiger partial charge is 0.452 e. The highest BCUT2D eigenvalue weighted by Gasteiger charge is 2.15. The van der Waals surface area contributed by atoms with Crippen molar-refractivity contribution in [2.45, 2.75) is 11.9 Å². The summed E-state index contributed by atoms with van der Waals surface area (Å²) in [5, 5.41) is 4.93. The van der Waals surface area contributed by atoms with Crippen molar-refractivity contribution in [3.05, 3.63) is 23.9 Å². The van der Waals surface area contributed by atoms with Crippen molar-refractivity contribution < 1.29 is 19.1 Å². The third-order valence-electron chi connectivity index (χ3n) is 2.11. The number of rotatable bonds is 5. The Morgan fingerprint density at radius 2 is 2.15 bits per heavy atom. The molecule has 20 heavy (non-hydrogen) atoms. The van der Waals surface area contributed by atoms with Gasteiger partial charge >= 0.3 is 12.0 Å². The number of imide groups is 1. The molecule has 0 aliphatic heterocycles. The molecule has 0 radical (unpaired) electrons. The highest BCUT2D eigenvalue weighted by Crippen LogP contribution is 2.17. The smallest absolute Gasteiger partial charge is 0.341 e. The number of hydrogen-bond donors (Lipinski definition) is 2. The second-order valence-electron chi connectivity index (χ2n) is 3.54. The molecule has 2 N–H and O–H groups in total. The lowest BCUT2D eigenvalue weighted by Crippen LogP contribution is -2.41. The Hall–Kier alpha value is -2.09. The third-order valence-corrected chi connectivity index (χ3v) is 2.82. The fraction of sp³-hybridized carbons (Fsp3) is 0.333. The van der Waals surface area contributed by atoms with Gasteiger partial charge in [0.05, 0.1) is 5.56 Å². The number of nitrogens with one attached hydrogen (secondary N) is 2. The predicted molar refractivity (Wildman–Crippen MR) is 73.5 cm³/mol. The molecule has 1 aromatic rings. The van der Waals surface area contributed by atoms with Crippen LogP contribution in [-0.4, -0.2) is 42.3 Å². The molecule has 1 heterocycles. The van der Waals surface area contributed by atoms with Crippen molar-refractivity contribution in [1.82, 2.24) is 15.6 Å². The van der Waals surface area contributed by atoms with Crippen LogP contribution in [0.4, 0.5) is 4.79 Å². The van der Waals surface area contributed by atoms with E-state index in [-0.39, 0.29) is 5.56 Å². The maximum atomic E-state index is 11.8. The first-order valence-electron chi connectivity index (χ1n) is 5.82. The zero-order valence-electron chi connectivity index (χ0n) is 11.1. The molecule has 7 nitrogen and oxygen atoms in total. The number of amides is 3. The monoisotopic (exact) mass is 297 g/mol. The Bertz CT molecular complexity index is 507. The van der Waals surface area contributed by atoms with Gasteiger partial charge in [0.25, 0.3) is 5.91 Å². The number of carbonyl (C=O) groups is 3. The Balaban J connectivity index is 2.51. The van der Waals surface area contributed by atoms with Gasteiger partial charge in [-0.3, -0.25) is 10.1 Å². The van der Waals surface area contributed by atoms with E-state index in [0.29, 0.717) is 11.6 Å². The maximum Gasteiger partial charge on any atom is 0.341 e. The van der Waals surface area contributed by atoms with Crippen LogP contribution in [0, 0.1) is 0 Å². The fourth-order valence-corrected chi connectivity index (χ4v) is 1.82. The van der Waals surface area contributed by atoms with Crippen molar-refractivity contribution in [3.8, 4) is 0 Å². The zero-order valence-corrected chi connectivity index (χ0v) is 12.0. The summed E-state index contributed by atoms with van der Waals surface area (Å²) in [5.74, 6) is -1.35. The van der Waals surface area contributed by atoms with E-state index in [1.807, 2.05) is 5.32 Å². The summed E-state index contributed by atoms with van der Waals surface area (Å²) in [5.41, 5.74) is 0.283. The molecule has 0 aromatic carbocycles. The van der Waals surface area contributed by atoms with E-state index in [1.165, 1.54) is 11.8 Å². The van der Waals surface area contributed by atoms with E-state index < -0.39 is 24.5 Å². The molecule has 108 valence electrons. The molecule has 1 rings (SSSR count). The average Bonchev–Trinajstić information content (AvgIpc) is 2.44. The van der Waals surface area contributed by atoms with Crippen LogP contribution in [0.25, 0.3) is 0 Å². The van der Waals surface area contributed by atoms with Crippen molar-refractivity contribution >= 4 is 29.7 Å². The molecule has 3 amide bonds. The molecule has 0 saturated heterocycles. The Morgan fingerprint density at radius 1 is 1.40 bits per heavy atom. The summed E-state index contributed by atoms with van der Waals surface area (Å²) in [4.78, 5) is 38.2. The third kappa shape index (κ3) is 4.88. The highest BCUT2D eigenvalue weighted by atomic mass is 32.2. The number of thioether (sulfide) groups is 1. The van der Waals surface area contributed by atoms with E-state index in [0.717, 1.165) is 0 Å². The predicted octanol–water partition coefficient (Wildman–Crippen LogP) is 0.806. The number of pyridine rings is 1. The summed E-state index contributed by atoms with van der Waals surface area (Å²) < 4.78 is 4.83. The molecular formula is C12H15N3O4S. The SMILES string of the molecule is CCNC(=O)NC(=O)COC(=O)c1cccnc1SC. The molecule has 0 atom stereocenters. The minimum Gasteiger partial charge on any atom is -0.452 e. The minimum absolute atomic E-state index is 0.283. The number of ether oxygens (including phenoxy) is 1. The van der Waals surface area contributed by atoms with Gasteiger partial charge in [-0.1, -0.05) is 0 Å². The minimum atomic E-state index is -0.695. The first-order chi connectivity index (χ1) is 9.58. The van der Waals surface area contributed by atoms with Crippen LogP contribution in [-0.2, 0) is 9.53 Å². The first kappa shape index (κ1) is 16.0. The molecule has 0 bridgehead atoms. The van der Waals surface area contributed by atoms with Gasteiger partial charge in [0.15, 0.2) is 6.61 Å². The van der Waals surface area contributed by atoms with Gasteiger partial charge in [-0.05, 0) is 25.3 Å². The molecule has 0 saturated carbocycles. The van der Waals surface area contributed by atoms with Gasteiger partial charge in [0.1, 0.15) is 5.03 Å². The molecule has 0 aliphatic rings. The second kappa shape index (κ2) is 8.16. The number of urea groups is 1. The van der Waals surface area contributed by atoms with Crippen molar-refractivity contribution in [3.63, 3.8) is 0 Å². The first-order valence-corrected chi connectivity index (χ1v) is 7.04. The summed E-state index contributed by atoms with van der Waals surface area (Å²) in [7, 11) is 0. The zero-order chi connectivity index (χ0) is 15.0. The van der Waals surface area contributed by atoms with Crippen LogP contribution < -0.4 is 10.6 Å². The van der Waals surface area contributed by atoms with Crippen molar-refractivity contribution in [2.24, 2.45) is 0 Å². The summed E-state index contributed by atoms with van der Waals surface area (Å²) in [6.07, 6.45) is 3.34. The van der Waals surface area contributed by atoms with E-state index >= 15 is 0 Å². The van der Waals surface area contributed by atoms with Crippen molar-refractivity contribution in [2.75, 3.05) is 19.4 Å². The van der Waals surface area contributed by atoms with E-state index in [4.69, 9.17) is 4.74 Å². The summed E-state index contributed by atoms with van der Waals surface area (Å²) >= 11 is 1.30. The quantitative estimate of drug-likeness (QED) is 0.616. The fourth-order valence-electron chi connectivity index (χ4n) is 1.29. The number of esters is 1. The Kier molecular flexibility index (Phi) is 6.51. The lowest BCUT2D eigenvalue weighted by Gasteiger charge is -2.07. The molecule has 0 unspecified atom stereocenters. The summed E-state index contributed by atoms with van der Waals surface area (Å²) in [6.45, 7) is 1.58. The number of nitrogens with zero attached hydrogens (tertiary/aromatic N) is 1. The number of hydrogen-bond acceptors (Lipinski definition) is 6. The van der Waals surface area contributed by atoms with Gasteiger partial charge in [-0.2, -0.15) is 0 Å². The van der Waals surface area contributed by atoms with Gasteiger partial charge < -0.3 is 10.1 Å². The van der Waals surface area contributed by atoms with Crippen molar-refractivity contribution in [1.29, 1.82) is 0 Å². The van der Waals surface area contributed by atoms with Crippen LogP contribution in [0.15, 0.2) is 23.4 Å². The second-order valence-corrected chi connectivity index (χ2v) is 4.34. The Morgan fingerprint density at radius 3 is 2.80 bits per heavy atom. The highest BCUT2D eigenvalue weighted by molar-refractivity contribution is 7.98. The molecule has 0 spiro atoms. The van der Waals surface area contributed by atoms with Gasteiger partial charge in [0.2, 0.25) is 0 Å². The average molecular weight is 297 g/mol. The van der Waals surface area contributed by atoms with Crippen LogP contribution in [0.3, 0.4) is 0 Å². The lowest BCUT2D eigenvalue weighted by atomic mass is 10.3. The van der Waals surface area contributed by atoms with Crippen LogP contribution in [0.5, 0.6) is 0 Å². The molecule has 0 aliphatic carbocycles. The van der Waals surface area contributed by atoms with Crippen LogP contribution in [0.1, 0.15) is 17.3 Å². The van der Waals surface area contributed by atoms with E-state index in [1.54, 1.807) is 31.5 Å². The maximum absolute atomic E-state index is 11.8. The van der Waals surface area contributed by atoms with E-state index in [9.17, 15) is 14.4 Å². The Labute approximate surface area is 120 Å². The number of carbonyl (C=O) groups excluding carboxylic acids is 3. The number of aromatic nitrogens is 1. The van der Waals surface area contributed by atoms with Crippen LogP contribution in [0.2, 0.25) is 0 Å². The molecule has 0 fully saturated rings. The topological polar surface area (TPSA) is 97.4 Å². The normalized spacial score (nSPS) is 9.70. The standard InChI is InChI=1S/C12H15N3O4S/c1-3-13-12(18)15-9(16)7-19-11(17)8-5-4-6-14-10(8)20-2/h4-6H,3,7H2,1-2H3,(H2,13,15,16,18). The van der Waals surface area contributed by atoms with E-state index in [2.05, 4.69) is 10.3 Å². The molecule has 1 aromatic heterocycles. The lowest BCUT2D eigenvalue weighted by molar-refractivity contribution is -0.123. The molecular weight excluding hydrogens is 282 g/mol. The molecule has 8 heteroatoms. The van der Waals surface area contributed by atoms with Gasteiger partial charge in [-0.15, -0.1) is 11.8 Å². The van der Waals surface area contributed by atoms with Gasteiger partial charge in [0, 0.05) is 12.7 Å². The summed E-state index contributed by atoms with van der Waals surface area (Å²) in [6, 6.07) is 2.54. The van der Waals surface area contributed by atoms with Gasteiger partial charge in [-0.25, -0.2) is 14.6 Å². The van der Waals surface area contributed by atoms with Crippen LogP contribution >= 0.6 is 11.8 Å².